The molecule has 2 atom stereocenters. The molecule has 0 fully saturated rings. The number of carboxylic acid groups (broad SMARTS) is 2. The van der Waals surface area contributed by atoms with Crippen molar-refractivity contribution in [1.29, 1.82) is 0 Å². The van der Waals surface area contributed by atoms with Crippen LogP contribution in [0.15, 0.2) is 57.5 Å². The second kappa shape index (κ2) is 20.8. The highest BCUT2D eigenvalue weighted by Gasteiger charge is 2.19. The monoisotopic (exact) mass is 914 g/mol. The predicted molar refractivity (Wildman–Crippen MR) is 207 cm³/mol. The van der Waals surface area contributed by atoms with Crippen LogP contribution in [0.3, 0.4) is 0 Å². The van der Waals surface area contributed by atoms with Gasteiger partial charge < -0.3 is 50.0 Å². The first-order valence-corrected chi connectivity index (χ1v) is 18.6. The molecule has 0 spiro atoms. The van der Waals surface area contributed by atoms with E-state index in [0.717, 1.165) is 0 Å². The molecule has 0 saturated carbocycles. The van der Waals surface area contributed by atoms with Gasteiger partial charge in [-0.05, 0) is 44.0 Å². The lowest BCUT2D eigenvalue weighted by Gasteiger charge is -2.16. The maximum Gasteiger partial charge on any atom is 0.306 e. The van der Waals surface area contributed by atoms with Gasteiger partial charge in [0.15, 0.2) is 0 Å². The van der Waals surface area contributed by atoms with Crippen molar-refractivity contribution < 1.29 is 49.0 Å². The molecule has 6 N–H and O–H groups in total. The van der Waals surface area contributed by atoms with Gasteiger partial charge >= 0.3 is 11.9 Å². The first kappa shape index (κ1) is 43.0. The number of aliphatic hydroxyl groups excluding tert-OH is 2. The van der Waals surface area contributed by atoms with Crippen LogP contribution in [0.4, 0.5) is 0 Å². The minimum absolute atomic E-state index is 0.0663. The topological polar surface area (TPSA) is 202 Å². The van der Waals surface area contributed by atoms with Gasteiger partial charge in [0.2, 0.25) is 23.5 Å². The number of pyridine rings is 2. The first-order valence-electron chi connectivity index (χ1n) is 16.3. The van der Waals surface area contributed by atoms with E-state index in [1.165, 1.54) is 14.2 Å². The third-order valence-electron chi connectivity index (χ3n) is 7.74. The Morgan fingerprint density at radius 1 is 0.685 bits per heavy atom. The van der Waals surface area contributed by atoms with Gasteiger partial charge in [0.1, 0.15) is 13.2 Å². The summed E-state index contributed by atoms with van der Waals surface area (Å²) in [4.78, 5) is 30.5. The molecule has 0 aliphatic heterocycles. The molecule has 0 saturated heterocycles. The number of aromatic nitrogens is 2. The van der Waals surface area contributed by atoms with E-state index in [1.807, 2.05) is 36.4 Å². The third kappa shape index (κ3) is 12.1. The number of halogens is 4. The van der Waals surface area contributed by atoms with E-state index in [2.05, 4.69) is 52.5 Å². The maximum absolute atomic E-state index is 10.8. The van der Waals surface area contributed by atoms with Crippen molar-refractivity contribution in [1.82, 2.24) is 20.6 Å². The average molecular weight is 917 g/mol. The molecular formula is C36H38Br2Cl2N4O10. The summed E-state index contributed by atoms with van der Waals surface area (Å²) < 4.78 is 24.1. The fraction of sp³-hybridized carbons (Fsp3) is 0.333. The second-order valence-electron chi connectivity index (χ2n) is 11.8. The van der Waals surface area contributed by atoms with Gasteiger partial charge in [0.25, 0.3) is 0 Å². The number of aliphatic hydroxyl groups is 2. The highest BCUT2D eigenvalue weighted by molar-refractivity contribution is 9.10. The Balaban J connectivity index is 1.43. The SMILES string of the molecule is COc1nc(OCc2cccc(-c3cccc(COc4nc(OC)c(CNC[C@H](O)CC(=O)O)cc4Br)c3Cl)c2Cl)c(Br)cc1CNC[C@H](O)CC(=O)O. The highest BCUT2D eigenvalue weighted by atomic mass is 79.9. The molecular weight excluding hydrogens is 879 g/mol. The van der Waals surface area contributed by atoms with Crippen molar-refractivity contribution in [2.24, 2.45) is 0 Å². The Morgan fingerprint density at radius 2 is 1.07 bits per heavy atom. The van der Waals surface area contributed by atoms with Crippen molar-refractivity contribution in [3.8, 4) is 34.6 Å². The van der Waals surface area contributed by atoms with E-state index in [0.29, 0.717) is 64.1 Å². The molecule has 0 amide bonds. The maximum atomic E-state index is 10.8. The zero-order valence-electron chi connectivity index (χ0n) is 29.1. The largest absolute Gasteiger partial charge is 0.481 e. The van der Waals surface area contributed by atoms with Gasteiger partial charge in [-0.3, -0.25) is 9.59 Å². The first-order chi connectivity index (χ1) is 25.8. The quantitative estimate of drug-likeness (QED) is 0.0568. The van der Waals surface area contributed by atoms with Gasteiger partial charge in [0, 0.05) is 59.6 Å². The van der Waals surface area contributed by atoms with Crippen LogP contribution < -0.4 is 29.6 Å². The Kier molecular flexibility index (Phi) is 16.6. The molecule has 0 unspecified atom stereocenters. The van der Waals surface area contributed by atoms with Crippen molar-refractivity contribution in [2.75, 3.05) is 27.3 Å². The number of hydrogen-bond donors (Lipinski definition) is 6. The van der Waals surface area contributed by atoms with Gasteiger partial charge in [-0.1, -0.05) is 59.6 Å². The molecule has 290 valence electrons. The fourth-order valence-electron chi connectivity index (χ4n) is 5.18. The molecule has 0 bridgehead atoms. The van der Waals surface area contributed by atoms with E-state index in [9.17, 15) is 19.8 Å². The van der Waals surface area contributed by atoms with Crippen LogP contribution in [0.1, 0.15) is 35.1 Å². The third-order valence-corrected chi connectivity index (χ3v) is 9.77. The number of aliphatic carboxylic acids is 2. The van der Waals surface area contributed by atoms with Gasteiger partial charge in [-0.15, -0.1) is 0 Å². The second-order valence-corrected chi connectivity index (χ2v) is 14.3. The smallest absolute Gasteiger partial charge is 0.306 e. The van der Waals surface area contributed by atoms with E-state index >= 15 is 0 Å². The Labute approximate surface area is 338 Å². The molecule has 2 aromatic heterocycles. The van der Waals surface area contributed by atoms with E-state index in [-0.39, 0.29) is 64.0 Å². The summed E-state index contributed by atoms with van der Waals surface area (Å²) in [5.74, 6) is -1.08. The van der Waals surface area contributed by atoms with Crippen molar-refractivity contribution >= 4 is 67.0 Å². The van der Waals surface area contributed by atoms with Gasteiger partial charge in [-0.2, -0.15) is 9.97 Å². The molecule has 18 heteroatoms. The van der Waals surface area contributed by atoms with Crippen LogP contribution in [0.5, 0.6) is 23.5 Å². The number of nitrogens with one attached hydrogen (secondary N) is 2. The Bertz CT molecular complexity index is 1800. The van der Waals surface area contributed by atoms with Crippen LogP contribution >= 0.6 is 55.1 Å². The number of hydrogen-bond acceptors (Lipinski definition) is 12. The van der Waals surface area contributed by atoms with Crippen molar-refractivity contribution in [3.05, 3.63) is 89.8 Å². The molecule has 54 heavy (non-hydrogen) atoms. The summed E-state index contributed by atoms with van der Waals surface area (Å²) in [6.45, 7) is 0.812. The number of methoxy groups -OCH3 is 2. The van der Waals surface area contributed by atoms with Gasteiger partial charge in [0.05, 0.1) is 58.3 Å². The normalized spacial score (nSPS) is 12.2. The number of carboxylic acids is 2. The molecule has 2 heterocycles. The van der Waals surface area contributed by atoms with E-state index in [4.69, 9.17) is 52.4 Å². The molecule has 4 aromatic rings. The highest BCUT2D eigenvalue weighted by Crippen LogP contribution is 2.38. The van der Waals surface area contributed by atoms with E-state index in [1.54, 1.807) is 12.1 Å². The number of carbonyl (C=O) groups is 2. The molecule has 0 radical (unpaired) electrons. The lowest BCUT2D eigenvalue weighted by atomic mass is 10.0. The Hall–Kier alpha value is -3.74. The lowest BCUT2D eigenvalue weighted by Crippen LogP contribution is -2.28. The molecule has 14 nitrogen and oxygen atoms in total. The van der Waals surface area contributed by atoms with Crippen LogP contribution in [-0.4, -0.2) is 81.8 Å². The number of benzene rings is 2. The van der Waals surface area contributed by atoms with Crippen LogP contribution in [0.25, 0.3) is 11.1 Å². The number of nitrogens with zero attached hydrogens (tertiary/aromatic N) is 2. The van der Waals surface area contributed by atoms with Crippen LogP contribution in [0, 0.1) is 0 Å². The summed E-state index contributed by atoms with van der Waals surface area (Å²) >= 11 is 20.8. The zero-order valence-corrected chi connectivity index (χ0v) is 33.8. The summed E-state index contributed by atoms with van der Waals surface area (Å²) in [5, 5.41) is 44.2. The standard InChI is InChI=1S/C36H38Br2Cl2N4O10/c1-51-33-21(13-41-15-23(45)11-29(47)48)9-27(37)35(43-33)53-17-19-5-3-7-25(31(19)39)26-8-4-6-20(32(26)40)18-54-36-28(38)10-22(34(44-36)52-2)14-42-16-24(46)12-30(49)50/h3-10,23-24,41-42,45-46H,11-18H2,1-2H3,(H,47,48)(H,49,50)/t23-,24-/m1/s1. The zero-order chi connectivity index (χ0) is 39.4. The molecule has 0 aliphatic carbocycles. The summed E-state index contributed by atoms with van der Waals surface area (Å²) in [7, 11) is 2.94. The average Bonchev–Trinajstić information content (AvgIpc) is 3.11. The summed E-state index contributed by atoms with van der Waals surface area (Å²) in [6.07, 6.45) is -2.82. The van der Waals surface area contributed by atoms with Crippen LogP contribution in [0.2, 0.25) is 10.0 Å². The molecule has 4 rings (SSSR count). The van der Waals surface area contributed by atoms with Crippen molar-refractivity contribution in [3.63, 3.8) is 0 Å². The van der Waals surface area contributed by atoms with E-state index < -0.39 is 24.1 Å². The number of rotatable bonds is 21. The minimum Gasteiger partial charge on any atom is -0.481 e. The van der Waals surface area contributed by atoms with Gasteiger partial charge in [-0.25, -0.2) is 0 Å². The van der Waals surface area contributed by atoms with Crippen LogP contribution in [-0.2, 0) is 35.9 Å². The molecule has 2 aromatic carbocycles. The van der Waals surface area contributed by atoms with Crippen molar-refractivity contribution in [2.45, 2.75) is 51.4 Å². The lowest BCUT2D eigenvalue weighted by molar-refractivity contribution is -0.140. The number of ether oxygens (including phenoxy) is 4. The predicted octanol–water partition coefficient (Wildman–Crippen LogP) is 6.00. The minimum atomic E-state index is -1.09. The fourth-order valence-corrected chi connectivity index (χ4v) is 6.71. The molecule has 0 aliphatic rings. The summed E-state index contributed by atoms with van der Waals surface area (Å²) in [6, 6.07) is 14.6. The Morgan fingerprint density at radius 3 is 1.43 bits per heavy atom. The summed E-state index contributed by atoms with van der Waals surface area (Å²) in [5.41, 5.74) is 4.02.